The second kappa shape index (κ2) is 9.39. The molecule has 0 aromatic rings. The Morgan fingerprint density at radius 2 is 2.27 bits per heavy atom. The minimum atomic E-state index is 0.509. The SMILES string of the molecule is CCOCCO/N=C/CCN. The van der Waals surface area contributed by atoms with E-state index in [1.807, 2.05) is 6.92 Å². The molecule has 0 aromatic heterocycles. The summed E-state index contributed by atoms with van der Waals surface area (Å²) in [5.74, 6) is 0. The van der Waals surface area contributed by atoms with Crippen LogP contribution in [0.2, 0.25) is 0 Å². The molecular formula is C7H16N2O2. The normalized spacial score (nSPS) is 10.7. The van der Waals surface area contributed by atoms with Gasteiger partial charge in [0.25, 0.3) is 0 Å². The molecule has 0 heterocycles. The summed E-state index contributed by atoms with van der Waals surface area (Å²) < 4.78 is 5.02. The molecule has 0 fully saturated rings. The largest absolute Gasteiger partial charge is 0.394 e. The maximum atomic E-state index is 5.22. The molecule has 0 aromatic carbocycles. The number of hydrogen-bond acceptors (Lipinski definition) is 4. The van der Waals surface area contributed by atoms with Crippen molar-refractivity contribution in [3.05, 3.63) is 0 Å². The zero-order chi connectivity index (χ0) is 8.36. The van der Waals surface area contributed by atoms with Gasteiger partial charge in [-0.25, -0.2) is 0 Å². The molecule has 0 amide bonds. The van der Waals surface area contributed by atoms with Gasteiger partial charge in [-0.2, -0.15) is 0 Å². The molecule has 11 heavy (non-hydrogen) atoms. The first-order chi connectivity index (χ1) is 5.41. The first kappa shape index (κ1) is 10.4. The third kappa shape index (κ3) is 9.39. The van der Waals surface area contributed by atoms with Crippen LogP contribution in [0.5, 0.6) is 0 Å². The van der Waals surface area contributed by atoms with Gasteiger partial charge in [0, 0.05) is 12.8 Å². The van der Waals surface area contributed by atoms with Crippen LogP contribution in [-0.2, 0) is 9.57 Å². The van der Waals surface area contributed by atoms with Crippen molar-refractivity contribution in [2.45, 2.75) is 13.3 Å². The maximum Gasteiger partial charge on any atom is 0.140 e. The highest BCUT2D eigenvalue weighted by Gasteiger charge is 1.82. The van der Waals surface area contributed by atoms with Gasteiger partial charge in [-0.05, 0) is 19.9 Å². The number of hydrogen-bond donors (Lipinski definition) is 1. The Labute approximate surface area is 67.3 Å². The first-order valence-corrected chi connectivity index (χ1v) is 3.83. The van der Waals surface area contributed by atoms with E-state index in [0.29, 0.717) is 19.8 Å². The molecule has 0 rings (SSSR count). The van der Waals surface area contributed by atoms with E-state index in [9.17, 15) is 0 Å². The van der Waals surface area contributed by atoms with Crippen LogP contribution in [0, 0.1) is 0 Å². The van der Waals surface area contributed by atoms with Crippen molar-refractivity contribution < 1.29 is 9.57 Å². The summed E-state index contributed by atoms with van der Waals surface area (Å²) in [7, 11) is 0. The van der Waals surface area contributed by atoms with Crippen LogP contribution >= 0.6 is 0 Å². The molecule has 2 N–H and O–H groups in total. The molecule has 0 saturated heterocycles. The molecule has 0 aliphatic rings. The fourth-order valence-corrected chi connectivity index (χ4v) is 0.473. The summed E-state index contributed by atoms with van der Waals surface area (Å²) in [4.78, 5) is 4.83. The first-order valence-electron chi connectivity index (χ1n) is 3.83. The molecule has 4 heteroatoms. The average Bonchev–Trinajstić information content (AvgIpc) is 2.03. The van der Waals surface area contributed by atoms with E-state index in [1.54, 1.807) is 6.21 Å². The van der Waals surface area contributed by atoms with Crippen molar-refractivity contribution in [2.24, 2.45) is 10.9 Å². The van der Waals surface area contributed by atoms with Gasteiger partial charge in [-0.15, -0.1) is 0 Å². The molecule has 0 atom stereocenters. The van der Waals surface area contributed by atoms with Crippen molar-refractivity contribution in [3.8, 4) is 0 Å². The Kier molecular flexibility index (Phi) is 8.87. The molecule has 0 spiro atoms. The highest BCUT2D eigenvalue weighted by atomic mass is 16.6. The zero-order valence-electron chi connectivity index (χ0n) is 6.95. The van der Waals surface area contributed by atoms with Crippen LogP contribution in [0.4, 0.5) is 0 Å². The van der Waals surface area contributed by atoms with E-state index >= 15 is 0 Å². The van der Waals surface area contributed by atoms with Crippen molar-refractivity contribution in [1.29, 1.82) is 0 Å². The quantitative estimate of drug-likeness (QED) is 0.332. The summed E-state index contributed by atoms with van der Waals surface area (Å²) in [5.41, 5.74) is 5.22. The molecule has 66 valence electrons. The molecule has 0 bridgehead atoms. The Bertz CT molecular complexity index is 96.4. The summed E-state index contributed by atoms with van der Waals surface area (Å²) in [5, 5.41) is 3.65. The number of oxime groups is 1. The van der Waals surface area contributed by atoms with E-state index in [4.69, 9.17) is 15.3 Å². The molecule has 0 aliphatic carbocycles. The second-order valence-corrected chi connectivity index (χ2v) is 1.90. The van der Waals surface area contributed by atoms with Gasteiger partial charge in [0.15, 0.2) is 0 Å². The Morgan fingerprint density at radius 3 is 2.91 bits per heavy atom. The van der Waals surface area contributed by atoms with Crippen LogP contribution in [0.1, 0.15) is 13.3 Å². The van der Waals surface area contributed by atoms with E-state index in [-0.39, 0.29) is 0 Å². The lowest BCUT2D eigenvalue weighted by Crippen LogP contribution is -2.02. The highest BCUT2D eigenvalue weighted by Crippen LogP contribution is 1.78. The van der Waals surface area contributed by atoms with Crippen LogP contribution in [0.15, 0.2) is 5.16 Å². The van der Waals surface area contributed by atoms with E-state index < -0.39 is 0 Å². The summed E-state index contributed by atoms with van der Waals surface area (Å²) in [6.45, 7) is 4.37. The standard InChI is InChI=1S/C7H16N2O2/c1-2-10-6-7-11-9-5-3-4-8/h5H,2-4,6-8H2,1H3/b9-5+. The zero-order valence-corrected chi connectivity index (χ0v) is 6.95. The lowest BCUT2D eigenvalue weighted by molar-refractivity contribution is 0.0566. The Morgan fingerprint density at radius 1 is 1.45 bits per heavy atom. The average molecular weight is 160 g/mol. The van der Waals surface area contributed by atoms with Crippen LogP contribution in [0.25, 0.3) is 0 Å². The van der Waals surface area contributed by atoms with Gasteiger partial charge in [-0.3, -0.25) is 0 Å². The second-order valence-electron chi connectivity index (χ2n) is 1.90. The molecule has 0 unspecified atom stereocenters. The van der Waals surface area contributed by atoms with E-state index in [1.165, 1.54) is 0 Å². The fraction of sp³-hybridized carbons (Fsp3) is 0.857. The lowest BCUT2D eigenvalue weighted by Gasteiger charge is -1.98. The van der Waals surface area contributed by atoms with Gasteiger partial charge in [0.1, 0.15) is 6.61 Å². The van der Waals surface area contributed by atoms with Gasteiger partial charge < -0.3 is 15.3 Å². The van der Waals surface area contributed by atoms with Crippen molar-refractivity contribution in [3.63, 3.8) is 0 Å². The summed E-state index contributed by atoms with van der Waals surface area (Å²) in [6, 6.07) is 0. The summed E-state index contributed by atoms with van der Waals surface area (Å²) >= 11 is 0. The monoisotopic (exact) mass is 160 g/mol. The summed E-state index contributed by atoms with van der Waals surface area (Å²) in [6.07, 6.45) is 2.42. The van der Waals surface area contributed by atoms with E-state index in [0.717, 1.165) is 13.0 Å². The minimum Gasteiger partial charge on any atom is -0.394 e. The molecular weight excluding hydrogens is 144 g/mol. The predicted octanol–water partition coefficient (Wildman–Crippen LogP) is 0.374. The van der Waals surface area contributed by atoms with Crippen molar-refractivity contribution in [1.82, 2.24) is 0 Å². The molecule has 0 radical (unpaired) electrons. The van der Waals surface area contributed by atoms with Crippen LogP contribution in [-0.4, -0.2) is 32.6 Å². The van der Waals surface area contributed by atoms with E-state index in [2.05, 4.69) is 5.16 Å². The molecule has 0 aliphatic heterocycles. The van der Waals surface area contributed by atoms with Gasteiger partial charge in [-0.1, -0.05) is 5.16 Å². The number of ether oxygens (including phenoxy) is 1. The third-order valence-corrected chi connectivity index (χ3v) is 0.968. The number of rotatable bonds is 7. The lowest BCUT2D eigenvalue weighted by atomic mass is 10.5. The third-order valence-electron chi connectivity index (χ3n) is 0.968. The smallest absolute Gasteiger partial charge is 0.140 e. The number of nitrogens with two attached hydrogens (primary N) is 1. The Balaban J connectivity index is 2.89. The van der Waals surface area contributed by atoms with Crippen LogP contribution < -0.4 is 5.73 Å². The molecule has 0 saturated carbocycles. The van der Waals surface area contributed by atoms with Gasteiger partial charge >= 0.3 is 0 Å². The highest BCUT2D eigenvalue weighted by molar-refractivity contribution is 5.56. The minimum absolute atomic E-state index is 0.509. The van der Waals surface area contributed by atoms with Gasteiger partial charge in [0.05, 0.1) is 6.61 Å². The Hall–Kier alpha value is -0.610. The van der Waals surface area contributed by atoms with Gasteiger partial charge in [0.2, 0.25) is 0 Å². The topological polar surface area (TPSA) is 56.8 Å². The number of nitrogens with zero attached hydrogens (tertiary/aromatic N) is 1. The fourth-order valence-electron chi connectivity index (χ4n) is 0.473. The predicted molar refractivity (Wildman–Crippen MR) is 44.6 cm³/mol. The van der Waals surface area contributed by atoms with Crippen LogP contribution in [0.3, 0.4) is 0 Å². The van der Waals surface area contributed by atoms with Crippen molar-refractivity contribution in [2.75, 3.05) is 26.4 Å². The van der Waals surface area contributed by atoms with Crippen molar-refractivity contribution >= 4 is 6.21 Å². The maximum absolute atomic E-state index is 5.22. The molecule has 4 nitrogen and oxygen atoms in total.